The van der Waals surface area contributed by atoms with Gasteiger partial charge < -0.3 is 5.32 Å². The summed E-state index contributed by atoms with van der Waals surface area (Å²) in [6.07, 6.45) is 7.57. The molecule has 156 valence electrons. The van der Waals surface area contributed by atoms with Gasteiger partial charge >= 0.3 is 0 Å². The minimum absolute atomic E-state index is 0.0308. The van der Waals surface area contributed by atoms with E-state index < -0.39 is 15.4 Å². The second-order valence-corrected chi connectivity index (χ2v) is 9.95. The first-order chi connectivity index (χ1) is 14.4. The second kappa shape index (κ2) is 6.69. The number of hydrogen-bond donors (Lipinski definition) is 3. The van der Waals surface area contributed by atoms with Gasteiger partial charge in [0, 0.05) is 23.5 Å². The predicted octanol–water partition coefficient (Wildman–Crippen LogP) is 2.69. The van der Waals surface area contributed by atoms with Crippen molar-refractivity contribution in [2.75, 3.05) is 17.0 Å². The number of carbonyl (C=O) groups is 1. The molecule has 9 nitrogen and oxygen atoms in total. The largest absolute Gasteiger partial charge is 0.324 e. The number of hydrogen-bond acceptors (Lipinski definition) is 7. The Balaban J connectivity index is 1.54. The summed E-state index contributed by atoms with van der Waals surface area (Å²) in [6, 6.07) is 8.38. The number of benzene rings is 1. The number of amides is 1. The number of nitrogens with one attached hydrogen (secondary N) is 3. The van der Waals surface area contributed by atoms with E-state index in [1.165, 1.54) is 6.26 Å². The number of anilines is 3. The zero-order valence-electron chi connectivity index (χ0n) is 16.5. The highest BCUT2D eigenvalue weighted by molar-refractivity contribution is 7.90. The average molecular weight is 427 g/mol. The number of nitrogens with zero attached hydrogens (tertiary/aromatic N) is 3. The van der Waals surface area contributed by atoms with Gasteiger partial charge in [-0.25, -0.2) is 13.4 Å². The van der Waals surface area contributed by atoms with Crippen molar-refractivity contribution in [3.8, 4) is 0 Å². The smallest absolute Gasteiger partial charge is 0.264 e. The Hall–Kier alpha value is -3.14. The van der Waals surface area contributed by atoms with E-state index in [9.17, 15) is 13.2 Å². The molecule has 1 aliphatic heterocycles. The lowest BCUT2D eigenvalue weighted by molar-refractivity contribution is -0.131. The lowest BCUT2D eigenvalue weighted by Crippen LogP contribution is -2.55. The molecule has 3 aromatic rings. The lowest BCUT2D eigenvalue weighted by Gasteiger charge is -2.41. The van der Waals surface area contributed by atoms with Crippen molar-refractivity contribution >= 4 is 44.2 Å². The molecule has 2 aliphatic rings. The van der Waals surface area contributed by atoms with Crippen LogP contribution in [-0.4, -0.2) is 35.1 Å². The van der Waals surface area contributed by atoms with E-state index in [1.807, 2.05) is 10.6 Å². The monoisotopic (exact) mass is 426 g/mol. The van der Waals surface area contributed by atoms with Crippen LogP contribution < -0.4 is 16.2 Å². The quantitative estimate of drug-likeness (QED) is 0.589. The van der Waals surface area contributed by atoms with Gasteiger partial charge in [-0.1, -0.05) is 19.3 Å². The van der Waals surface area contributed by atoms with Gasteiger partial charge in [-0.05, 0) is 43.2 Å². The normalized spacial score (nSPS) is 18.0. The summed E-state index contributed by atoms with van der Waals surface area (Å²) in [5, 5.41) is 3.97. The minimum Gasteiger partial charge on any atom is -0.324 e. The summed E-state index contributed by atoms with van der Waals surface area (Å²) in [5.41, 5.74) is 6.52. The Labute approximate surface area is 173 Å². The van der Waals surface area contributed by atoms with Gasteiger partial charge in [0.25, 0.3) is 5.91 Å². The summed E-state index contributed by atoms with van der Waals surface area (Å²) in [6.45, 7) is 0. The SMILES string of the molecule is CS(=O)(=O)c1ccc(Nc2ncc3cc4n(c3n2)C2(CCCCC2)C(=O)NN4)cc1. The van der Waals surface area contributed by atoms with Crippen LogP contribution in [-0.2, 0) is 20.2 Å². The second-order valence-electron chi connectivity index (χ2n) is 7.93. The van der Waals surface area contributed by atoms with Crippen LogP contribution in [0.1, 0.15) is 32.1 Å². The van der Waals surface area contributed by atoms with Crippen molar-refractivity contribution in [1.82, 2.24) is 20.0 Å². The molecule has 2 aromatic heterocycles. The molecule has 3 N–H and O–H groups in total. The molecule has 30 heavy (non-hydrogen) atoms. The highest BCUT2D eigenvalue weighted by Crippen LogP contribution is 2.42. The molecule has 5 rings (SSSR count). The van der Waals surface area contributed by atoms with E-state index in [0.717, 1.165) is 43.3 Å². The first-order valence-corrected chi connectivity index (χ1v) is 11.8. The molecule has 0 atom stereocenters. The van der Waals surface area contributed by atoms with Crippen LogP contribution in [0.15, 0.2) is 41.4 Å². The highest BCUT2D eigenvalue weighted by atomic mass is 32.2. The van der Waals surface area contributed by atoms with Gasteiger partial charge in [0.05, 0.1) is 4.90 Å². The molecular formula is C20H22N6O3S. The summed E-state index contributed by atoms with van der Waals surface area (Å²) >= 11 is 0. The molecule has 3 heterocycles. The van der Waals surface area contributed by atoms with Gasteiger partial charge in [-0.15, -0.1) is 0 Å². The Bertz CT molecular complexity index is 1240. The minimum atomic E-state index is -3.25. The topological polar surface area (TPSA) is 118 Å². The lowest BCUT2D eigenvalue weighted by atomic mass is 9.80. The fourth-order valence-corrected chi connectivity index (χ4v) is 5.05. The molecule has 1 fully saturated rings. The standard InChI is InChI=1S/C20H22N6O3S/c1-30(28,29)15-7-5-14(6-8-15)22-19-21-12-13-11-16-24-25-18(27)20(9-3-2-4-10-20)26(16)17(13)23-19/h5-8,11-12,24H,2-4,9-10H2,1H3,(H,25,27)(H,21,22,23). The van der Waals surface area contributed by atoms with Crippen molar-refractivity contribution in [2.45, 2.75) is 42.5 Å². The Morgan fingerprint density at radius 2 is 1.83 bits per heavy atom. The van der Waals surface area contributed by atoms with Crippen molar-refractivity contribution in [3.05, 3.63) is 36.5 Å². The van der Waals surface area contributed by atoms with Crippen LogP contribution in [0, 0.1) is 0 Å². The Kier molecular flexibility index (Phi) is 4.21. The van der Waals surface area contributed by atoms with E-state index in [4.69, 9.17) is 4.98 Å². The maximum atomic E-state index is 12.9. The molecule has 0 saturated heterocycles. The van der Waals surface area contributed by atoms with Crippen molar-refractivity contribution in [2.24, 2.45) is 0 Å². The third kappa shape index (κ3) is 2.98. The Morgan fingerprint density at radius 3 is 2.53 bits per heavy atom. The molecular weight excluding hydrogens is 404 g/mol. The van der Waals surface area contributed by atoms with E-state index >= 15 is 0 Å². The molecule has 0 bridgehead atoms. The number of aromatic nitrogens is 3. The summed E-state index contributed by atoms with van der Waals surface area (Å²) in [4.78, 5) is 22.2. The number of sulfone groups is 1. The number of rotatable bonds is 3. The maximum Gasteiger partial charge on any atom is 0.264 e. The van der Waals surface area contributed by atoms with Gasteiger partial charge in [-0.3, -0.25) is 20.2 Å². The third-order valence-corrected chi connectivity index (χ3v) is 7.04. The van der Waals surface area contributed by atoms with Crippen LogP contribution in [0.3, 0.4) is 0 Å². The fourth-order valence-electron chi connectivity index (χ4n) is 4.42. The number of hydrazine groups is 1. The molecule has 0 radical (unpaired) electrons. The van der Waals surface area contributed by atoms with Crippen LogP contribution in [0.2, 0.25) is 0 Å². The van der Waals surface area contributed by atoms with E-state index in [0.29, 0.717) is 17.3 Å². The van der Waals surface area contributed by atoms with Gasteiger partial charge in [0.15, 0.2) is 9.84 Å². The van der Waals surface area contributed by atoms with E-state index in [1.54, 1.807) is 30.5 Å². The summed E-state index contributed by atoms with van der Waals surface area (Å²) < 4.78 is 25.3. The average Bonchev–Trinajstić information content (AvgIpc) is 3.10. The van der Waals surface area contributed by atoms with Crippen LogP contribution in [0.5, 0.6) is 0 Å². The predicted molar refractivity (Wildman–Crippen MR) is 113 cm³/mol. The molecule has 1 saturated carbocycles. The van der Waals surface area contributed by atoms with Crippen molar-refractivity contribution in [1.29, 1.82) is 0 Å². The van der Waals surface area contributed by atoms with Gasteiger partial charge in [0.1, 0.15) is 17.0 Å². The highest BCUT2D eigenvalue weighted by Gasteiger charge is 2.46. The Morgan fingerprint density at radius 1 is 1.10 bits per heavy atom. The molecule has 1 aliphatic carbocycles. The molecule has 1 amide bonds. The molecule has 0 unspecified atom stereocenters. The molecule has 10 heteroatoms. The first kappa shape index (κ1) is 18.9. The summed E-state index contributed by atoms with van der Waals surface area (Å²) in [5.74, 6) is 1.15. The van der Waals surface area contributed by atoms with E-state index in [-0.39, 0.29) is 10.8 Å². The summed E-state index contributed by atoms with van der Waals surface area (Å²) in [7, 11) is -3.25. The molecule has 1 spiro atoms. The number of carbonyl (C=O) groups excluding carboxylic acids is 1. The van der Waals surface area contributed by atoms with Crippen LogP contribution >= 0.6 is 0 Å². The number of fused-ring (bicyclic) bond motifs is 4. The maximum absolute atomic E-state index is 12.9. The van der Waals surface area contributed by atoms with Crippen molar-refractivity contribution < 1.29 is 13.2 Å². The molecule has 1 aromatic carbocycles. The van der Waals surface area contributed by atoms with E-state index in [2.05, 4.69) is 21.2 Å². The third-order valence-electron chi connectivity index (χ3n) is 5.91. The first-order valence-electron chi connectivity index (χ1n) is 9.89. The van der Waals surface area contributed by atoms with Gasteiger partial charge in [0.2, 0.25) is 5.95 Å². The fraction of sp³-hybridized carbons (Fsp3) is 0.350. The van der Waals surface area contributed by atoms with Crippen LogP contribution in [0.25, 0.3) is 11.0 Å². The van der Waals surface area contributed by atoms with Crippen LogP contribution in [0.4, 0.5) is 17.5 Å². The zero-order chi connectivity index (χ0) is 20.9. The van der Waals surface area contributed by atoms with Gasteiger partial charge in [-0.2, -0.15) is 4.98 Å². The van der Waals surface area contributed by atoms with Crippen molar-refractivity contribution in [3.63, 3.8) is 0 Å². The zero-order valence-corrected chi connectivity index (χ0v) is 17.3.